The van der Waals surface area contributed by atoms with Gasteiger partial charge in [0.25, 0.3) is 5.91 Å². The largest absolute Gasteiger partial charge is 0.497 e. The molecule has 8 heteroatoms. The maximum Gasteiger partial charge on any atom is 0.258 e. The lowest BCUT2D eigenvalue weighted by Gasteiger charge is -2.08. The first kappa shape index (κ1) is 17.8. The second-order valence-corrected chi connectivity index (χ2v) is 6.49. The predicted molar refractivity (Wildman–Crippen MR) is 88.2 cm³/mol. The van der Waals surface area contributed by atoms with Crippen LogP contribution in [0, 0.1) is 0 Å². The zero-order valence-corrected chi connectivity index (χ0v) is 13.9. The van der Waals surface area contributed by atoms with Crippen molar-refractivity contribution in [2.75, 3.05) is 13.7 Å². The normalized spacial score (nSPS) is 10.9. The molecule has 2 aromatic carbocycles. The maximum atomic E-state index is 11.8. The number of hydrogen-bond donors (Lipinski definition) is 2. The van der Waals surface area contributed by atoms with Crippen LogP contribution in [0.5, 0.6) is 11.5 Å². The first-order chi connectivity index (χ1) is 11.4. The Kier molecular flexibility index (Phi) is 5.78. The molecule has 24 heavy (non-hydrogen) atoms. The van der Waals surface area contributed by atoms with Gasteiger partial charge in [0.15, 0.2) is 6.61 Å². The van der Waals surface area contributed by atoms with Gasteiger partial charge < -0.3 is 14.8 Å². The fourth-order valence-corrected chi connectivity index (χ4v) is 2.38. The molecule has 0 unspecified atom stereocenters. The van der Waals surface area contributed by atoms with Crippen molar-refractivity contribution in [2.45, 2.75) is 11.4 Å². The summed E-state index contributed by atoms with van der Waals surface area (Å²) in [4.78, 5) is 11.8. The molecule has 0 saturated carbocycles. The molecule has 0 fully saturated rings. The third-order valence-corrected chi connectivity index (χ3v) is 4.10. The van der Waals surface area contributed by atoms with E-state index in [0.29, 0.717) is 11.5 Å². The average Bonchev–Trinajstić information content (AvgIpc) is 2.58. The minimum Gasteiger partial charge on any atom is -0.497 e. The molecule has 2 aromatic rings. The van der Waals surface area contributed by atoms with E-state index in [2.05, 4.69) is 5.32 Å². The number of amides is 1. The Labute approximate surface area is 140 Å². The molecule has 0 aliphatic rings. The number of methoxy groups -OCH3 is 1. The zero-order chi connectivity index (χ0) is 17.6. The maximum absolute atomic E-state index is 11.8. The van der Waals surface area contributed by atoms with Crippen molar-refractivity contribution in [3.8, 4) is 11.5 Å². The van der Waals surface area contributed by atoms with Crippen LogP contribution in [0.2, 0.25) is 0 Å². The molecule has 3 N–H and O–H groups in total. The van der Waals surface area contributed by atoms with Crippen LogP contribution in [-0.4, -0.2) is 28.0 Å². The highest BCUT2D eigenvalue weighted by atomic mass is 32.2. The molecule has 0 aliphatic heterocycles. The number of carbonyl (C=O) groups is 1. The highest BCUT2D eigenvalue weighted by Crippen LogP contribution is 2.16. The Balaban J connectivity index is 1.80. The van der Waals surface area contributed by atoms with Crippen molar-refractivity contribution in [3.05, 3.63) is 54.1 Å². The third-order valence-electron chi connectivity index (χ3n) is 3.17. The monoisotopic (exact) mass is 350 g/mol. The van der Waals surface area contributed by atoms with Gasteiger partial charge in [-0.2, -0.15) is 0 Å². The van der Waals surface area contributed by atoms with E-state index in [1.165, 1.54) is 12.1 Å². The van der Waals surface area contributed by atoms with Crippen LogP contribution in [0.25, 0.3) is 0 Å². The van der Waals surface area contributed by atoms with Gasteiger partial charge in [-0.25, -0.2) is 13.6 Å². The number of nitrogens with one attached hydrogen (secondary N) is 1. The van der Waals surface area contributed by atoms with Crippen LogP contribution in [-0.2, 0) is 21.4 Å². The molecular weight excluding hydrogens is 332 g/mol. The number of sulfonamides is 1. The van der Waals surface area contributed by atoms with Crippen molar-refractivity contribution in [3.63, 3.8) is 0 Å². The van der Waals surface area contributed by atoms with Gasteiger partial charge in [-0.15, -0.1) is 0 Å². The van der Waals surface area contributed by atoms with Gasteiger partial charge in [-0.1, -0.05) is 12.1 Å². The zero-order valence-electron chi connectivity index (χ0n) is 13.1. The highest BCUT2D eigenvalue weighted by Gasteiger charge is 2.07. The molecule has 128 valence electrons. The average molecular weight is 350 g/mol. The van der Waals surface area contributed by atoms with Gasteiger partial charge in [0.05, 0.1) is 12.0 Å². The topological polar surface area (TPSA) is 108 Å². The van der Waals surface area contributed by atoms with Crippen molar-refractivity contribution in [2.24, 2.45) is 5.14 Å². The van der Waals surface area contributed by atoms with Gasteiger partial charge in [-0.3, -0.25) is 4.79 Å². The summed E-state index contributed by atoms with van der Waals surface area (Å²) < 4.78 is 32.7. The van der Waals surface area contributed by atoms with E-state index in [4.69, 9.17) is 14.6 Å². The number of nitrogens with two attached hydrogens (primary N) is 1. The fourth-order valence-electron chi connectivity index (χ4n) is 1.87. The Morgan fingerprint density at radius 2 is 1.62 bits per heavy atom. The van der Waals surface area contributed by atoms with Crippen molar-refractivity contribution < 1.29 is 22.7 Å². The number of benzene rings is 2. The van der Waals surface area contributed by atoms with Crippen LogP contribution in [0.1, 0.15) is 5.56 Å². The van der Waals surface area contributed by atoms with Crippen LogP contribution in [0.3, 0.4) is 0 Å². The van der Waals surface area contributed by atoms with Crippen LogP contribution in [0.15, 0.2) is 53.4 Å². The molecule has 0 atom stereocenters. The lowest BCUT2D eigenvalue weighted by Crippen LogP contribution is -2.28. The van der Waals surface area contributed by atoms with Crippen LogP contribution in [0.4, 0.5) is 0 Å². The van der Waals surface area contributed by atoms with E-state index in [9.17, 15) is 13.2 Å². The van der Waals surface area contributed by atoms with E-state index in [-0.39, 0.29) is 24.0 Å². The van der Waals surface area contributed by atoms with E-state index in [0.717, 1.165) is 5.56 Å². The molecule has 2 rings (SSSR count). The van der Waals surface area contributed by atoms with E-state index in [1.54, 1.807) is 43.5 Å². The molecule has 0 spiro atoms. The second-order valence-electron chi connectivity index (χ2n) is 4.93. The predicted octanol–water partition coefficient (Wildman–Crippen LogP) is 1.04. The molecule has 1 amide bonds. The number of rotatable bonds is 7. The molecule has 0 radical (unpaired) electrons. The summed E-state index contributed by atoms with van der Waals surface area (Å²) >= 11 is 0. The standard InChI is InChI=1S/C16H18N2O5S/c1-22-13-4-6-14(7-5-13)23-11-16(19)18-10-12-2-8-15(9-3-12)24(17,20)21/h2-9H,10-11H2,1H3,(H,18,19)(H2,17,20,21). The van der Waals surface area contributed by atoms with E-state index >= 15 is 0 Å². The summed E-state index contributed by atoms with van der Waals surface area (Å²) in [5.41, 5.74) is 0.750. The molecule has 0 saturated heterocycles. The molecule has 0 bridgehead atoms. The smallest absolute Gasteiger partial charge is 0.258 e. The summed E-state index contributed by atoms with van der Waals surface area (Å²) in [6, 6.07) is 12.8. The van der Waals surface area contributed by atoms with Gasteiger partial charge in [0, 0.05) is 6.54 Å². The lowest BCUT2D eigenvalue weighted by atomic mass is 10.2. The molecular formula is C16H18N2O5S. The molecule has 0 heterocycles. The lowest BCUT2D eigenvalue weighted by molar-refractivity contribution is -0.123. The molecule has 7 nitrogen and oxygen atoms in total. The summed E-state index contributed by atoms with van der Waals surface area (Å²) in [7, 11) is -2.14. The summed E-state index contributed by atoms with van der Waals surface area (Å²) in [5.74, 6) is 0.972. The Bertz CT molecular complexity index is 786. The SMILES string of the molecule is COc1ccc(OCC(=O)NCc2ccc(S(N)(=O)=O)cc2)cc1. The number of primary sulfonamides is 1. The summed E-state index contributed by atoms with van der Waals surface area (Å²) in [5, 5.41) is 7.70. The van der Waals surface area contributed by atoms with Gasteiger partial charge in [-0.05, 0) is 42.0 Å². The van der Waals surface area contributed by atoms with Gasteiger partial charge in [0.2, 0.25) is 10.0 Å². The third kappa shape index (κ3) is 5.25. The Morgan fingerprint density at radius 1 is 1.04 bits per heavy atom. The van der Waals surface area contributed by atoms with Gasteiger partial charge in [0.1, 0.15) is 11.5 Å². The Hall–Kier alpha value is -2.58. The van der Waals surface area contributed by atoms with Crippen molar-refractivity contribution in [1.29, 1.82) is 0 Å². The summed E-state index contributed by atoms with van der Waals surface area (Å²) in [6.07, 6.45) is 0. The minimum atomic E-state index is -3.71. The number of carbonyl (C=O) groups excluding carboxylic acids is 1. The van der Waals surface area contributed by atoms with E-state index in [1.807, 2.05) is 0 Å². The van der Waals surface area contributed by atoms with Crippen molar-refractivity contribution >= 4 is 15.9 Å². The Morgan fingerprint density at radius 3 is 2.17 bits per heavy atom. The van der Waals surface area contributed by atoms with Crippen LogP contribution >= 0.6 is 0 Å². The summed E-state index contributed by atoms with van der Waals surface area (Å²) in [6.45, 7) is 0.136. The number of hydrogen-bond acceptors (Lipinski definition) is 5. The first-order valence-electron chi connectivity index (χ1n) is 7.04. The van der Waals surface area contributed by atoms with E-state index < -0.39 is 10.0 Å². The first-order valence-corrected chi connectivity index (χ1v) is 8.58. The fraction of sp³-hybridized carbons (Fsp3) is 0.188. The van der Waals surface area contributed by atoms with Crippen molar-refractivity contribution in [1.82, 2.24) is 5.32 Å². The van der Waals surface area contributed by atoms with Crippen LogP contribution < -0.4 is 19.9 Å². The highest BCUT2D eigenvalue weighted by molar-refractivity contribution is 7.89. The quantitative estimate of drug-likeness (QED) is 0.776. The molecule has 0 aliphatic carbocycles. The minimum absolute atomic E-state index is 0.0282. The molecule has 0 aromatic heterocycles. The second kappa shape index (κ2) is 7.80. The number of ether oxygens (including phenoxy) is 2. The van der Waals surface area contributed by atoms with Gasteiger partial charge >= 0.3 is 0 Å².